The molecule has 0 heterocycles. The quantitative estimate of drug-likeness (QED) is 0.629. The zero-order valence-electron chi connectivity index (χ0n) is 8.47. The Kier molecular flexibility index (Phi) is 3.41. The largest absolute Gasteiger partial charge is 0.465 e. The van der Waals surface area contributed by atoms with Crippen molar-refractivity contribution in [3.05, 3.63) is 29.3 Å². The number of benzene rings is 1. The van der Waals surface area contributed by atoms with Crippen molar-refractivity contribution in [3.63, 3.8) is 0 Å². The predicted octanol–water partition coefficient (Wildman–Crippen LogP) is 2.16. The van der Waals surface area contributed by atoms with Gasteiger partial charge in [0, 0.05) is 5.69 Å². The molecule has 0 fully saturated rings. The molecule has 0 aliphatic heterocycles. The van der Waals surface area contributed by atoms with Crippen LogP contribution >= 0.6 is 0 Å². The Labute approximate surface area is 90.0 Å². The van der Waals surface area contributed by atoms with Gasteiger partial charge in [-0.2, -0.15) is 13.2 Å². The SMILES string of the molecule is COC(=O)c1ccc(CC(F)(F)F)cc1N. The second-order valence-corrected chi connectivity index (χ2v) is 3.21. The van der Waals surface area contributed by atoms with Crippen LogP contribution in [0.4, 0.5) is 18.9 Å². The van der Waals surface area contributed by atoms with Crippen molar-refractivity contribution in [1.82, 2.24) is 0 Å². The van der Waals surface area contributed by atoms with Gasteiger partial charge in [-0.15, -0.1) is 0 Å². The van der Waals surface area contributed by atoms with Gasteiger partial charge in [-0.25, -0.2) is 4.79 Å². The van der Waals surface area contributed by atoms with Crippen LogP contribution in [0.25, 0.3) is 0 Å². The Balaban J connectivity index is 2.96. The molecule has 1 aromatic carbocycles. The van der Waals surface area contributed by atoms with Crippen molar-refractivity contribution in [3.8, 4) is 0 Å². The molecular formula is C10H10F3NO2. The Morgan fingerprint density at radius 2 is 2.06 bits per heavy atom. The van der Waals surface area contributed by atoms with Gasteiger partial charge in [0.25, 0.3) is 0 Å². The molecule has 88 valence electrons. The zero-order chi connectivity index (χ0) is 12.3. The van der Waals surface area contributed by atoms with Crippen LogP contribution in [0.5, 0.6) is 0 Å². The van der Waals surface area contributed by atoms with E-state index in [1.165, 1.54) is 19.2 Å². The number of rotatable bonds is 2. The summed E-state index contributed by atoms with van der Waals surface area (Å²) in [6.45, 7) is 0. The lowest BCUT2D eigenvalue weighted by Crippen LogP contribution is -2.12. The van der Waals surface area contributed by atoms with E-state index < -0.39 is 18.6 Å². The summed E-state index contributed by atoms with van der Waals surface area (Å²) >= 11 is 0. The van der Waals surface area contributed by atoms with Crippen LogP contribution < -0.4 is 5.73 Å². The van der Waals surface area contributed by atoms with E-state index in [1.807, 2.05) is 0 Å². The lowest BCUT2D eigenvalue weighted by molar-refractivity contribution is -0.127. The average Bonchev–Trinajstić information content (AvgIpc) is 2.14. The summed E-state index contributed by atoms with van der Waals surface area (Å²) in [5.74, 6) is -0.670. The van der Waals surface area contributed by atoms with Gasteiger partial charge in [0.05, 0.1) is 19.1 Å². The highest BCUT2D eigenvalue weighted by Crippen LogP contribution is 2.23. The minimum Gasteiger partial charge on any atom is -0.465 e. The third kappa shape index (κ3) is 3.15. The molecule has 0 amide bonds. The van der Waals surface area contributed by atoms with Crippen molar-refractivity contribution >= 4 is 11.7 Å². The van der Waals surface area contributed by atoms with E-state index in [-0.39, 0.29) is 16.8 Å². The third-order valence-corrected chi connectivity index (χ3v) is 1.93. The van der Waals surface area contributed by atoms with Crippen LogP contribution in [0, 0.1) is 0 Å². The van der Waals surface area contributed by atoms with Crippen molar-refractivity contribution in [2.75, 3.05) is 12.8 Å². The first-order valence-electron chi connectivity index (χ1n) is 4.37. The number of carbonyl (C=O) groups excluding carboxylic acids is 1. The molecule has 6 heteroatoms. The number of esters is 1. The summed E-state index contributed by atoms with van der Waals surface area (Å²) in [5.41, 5.74) is 5.50. The Hall–Kier alpha value is -1.72. The fourth-order valence-corrected chi connectivity index (χ4v) is 1.25. The highest BCUT2D eigenvalue weighted by atomic mass is 19.4. The molecule has 0 atom stereocenters. The summed E-state index contributed by atoms with van der Waals surface area (Å²) < 4.78 is 40.6. The third-order valence-electron chi connectivity index (χ3n) is 1.93. The Bertz CT molecular complexity index is 402. The maximum atomic E-state index is 12.1. The molecule has 0 radical (unpaired) electrons. The first-order chi connectivity index (χ1) is 7.33. The number of nitrogen functional groups attached to an aromatic ring is 1. The number of ether oxygens (including phenoxy) is 1. The standard InChI is InChI=1S/C10H10F3NO2/c1-16-9(15)7-3-2-6(4-8(7)14)5-10(11,12)13/h2-4H,5,14H2,1H3. The molecule has 0 unspecified atom stereocenters. The van der Waals surface area contributed by atoms with E-state index in [0.717, 1.165) is 6.07 Å². The number of methoxy groups -OCH3 is 1. The summed E-state index contributed by atoms with van der Waals surface area (Å²) in [7, 11) is 1.17. The van der Waals surface area contributed by atoms with Gasteiger partial charge in [-0.05, 0) is 17.7 Å². The molecular weight excluding hydrogens is 223 g/mol. The predicted molar refractivity (Wildman–Crippen MR) is 52.0 cm³/mol. The van der Waals surface area contributed by atoms with E-state index >= 15 is 0 Å². The maximum absolute atomic E-state index is 12.1. The van der Waals surface area contributed by atoms with Gasteiger partial charge in [0.1, 0.15) is 0 Å². The molecule has 0 aliphatic carbocycles. The van der Waals surface area contributed by atoms with Crippen LogP contribution in [-0.2, 0) is 11.2 Å². The number of anilines is 1. The molecule has 2 N–H and O–H groups in total. The lowest BCUT2D eigenvalue weighted by atomic mass is 10.1. The van der Waals surface area contributed by atoms with Crippen LogP contribution in [0.2, 0.25) is 0 Å². The van der Waals surface area contributed by atoms with Crippen LogP contribution in [0.1, 0.15) is 15.9 Å². The number of hydrogen-bond donors (Lipinski definition) is 1. The number of halogens is 3. The number of hydrogen-bond acceptors (Lipinski definition) is 3. The van der Waals surface area contributed by atoms with E-state index in [2.05, 4.69) is 4.74 Å². The zero-order valence-corrected chi connectivity index (χ0v) is 8.47. The summed E-state index contributed by atoms with van der Waals surface area (Å²) in [4.78, 5) is 11.1. The van der Waals surface area contributed by atoms with E-state index in [9.17, 15) is 18.0 Å². The van der Waals surface area contributed by atoms with E-state index in [0.29, 0.717) is 0 Å². The maximum Gasteiger partial charge on any atom is 0.393 e. The van der Waals surface area contributed by atoms with Gasteiger partial charge in [-0.3, -0.25) is 0 Å². The molecule has 1 rings (SSSR count). The van der Waals surface area contributed by atoms with Crippen molar-refractivity contribution < 1.29 is 22.7 Å². The lowest BCUT2D eigenvalue weighted by Gasteiger charge is -2.09. The minimum atomic E-state index is -4.29. The monoisotopic (exact) mass is 233 g/mol. The van der Waals surface area contributed by atoms with Crippen molar-refractivity contribution in [2.45, 2.75) is 12.6 Å². The molecule has 0 aromatic heterocycles. The van der Waals surface area contributed by atoms with E-state index in [1.54, 1.807) is 0 Å². The normalized spacial score (nSPS) is 11.2. The van der Waals surface area contributed by atoms with Gasteiger partial charge >= 0.3 is 12.1 Å². The van der Waals surface area contributed by atoms with Gasteiger partial charge in [0.2, 0.25) is 0 Å². The fourth-order valence-electron chi connectivity index (χ4n) is 1.25. The second kappa shape index (κ2) is 4.42. The average molecular weight is 233 g/mol. The van der Waals surface area contributed by atoms with Crippen LogP contribution in [-0.4, -0.2) is 19.3 Å². The van der Waals surface area contributed by atoms with Gasteiger partial charge in [0.15, 0.2) is 0 Å². The van der Waals surface area contributed by atoms with Gasteiger partial charge in [-0.1, -0.05) is 6.07 Å². The molecule has 1 aromatic rings. The number of alkyl halides is 3. The highest BCUT2D eigenvalue weighted by Gasteiger charge is 2.27. The first-order valence-corrected chi connectivity index (χ1v) is 4.37. The highest BCUT2D eigenvalue weighted by molar-refractivity contribution is 5.95. The molecule has 0 saturated heterocycles. The topological polar surface area (TPSA) is 52.3 Å². The minimum absolute atomic E-state index is 0.0117. The summed E-state index contributed by atoms with van der Waals surface area (Å²) in [6, 6.07) is 3.55. The Morgan fingerprint density at radius 3 is 2.50 bits per heavy atom. The molecule has 16 heavy (non-hydrogen) atoms. The van der Waals surface area contributed by atoms with Crippen molar-refractivity contribution in [2.24, 2.45) is 0 Å². The van der Waals surface area contributed by atoms with Crippen LogP contribution in [0.15, 0.2) is 18.2 Å². The molecule has 0 saturated carbocycles. The Morgan fingerprint density at radius 1 is 1.44 bits per heavy atom. The van der Waals surface area contributed by atoms with Gasteiger partial charge < -0.3 is 10.5 Å². The summed E-state index contributed by atoms with van der Waals surface area (Å²) in [6.07, 6.45) is -5.36. The molecule has 0 spiro atoms. The molecule has 0 aliphatic rings. The second-order valence-electron chi connectivity index (χ2n) is 3.21. The van der Waals surface area contributed by atoms with Crippen LogP contribution in [0.3, 0.4) is 0 Å². The molecule has 0 bridgehead atoms. The smallest absolute Gasteiger partial charge is 0.393 e. The number of carbonyl (C=O) groups is 1. The van der Waals surface area contributed by atoms with Crippen molar-refractivity contribution in [1.29, 1.82) is 0 Å². The molecule has 3 nitrogen and oxygen atoms in total. The number of nitrogens with two attached hydrogens (primary N) is 1. The fraction of sp³-hybridized carbons (Fsp3) is 0.300. The van der Waals surface area contributed by atoms with E-state index in [4.69, 9.17) is 5.73 Å². The summed E-state index contributed by atoms with van der Waals surface area (Å²) in [5, 5.41) is 0. The first kappa shape index (κ1) is 12.4.